The summed E-state index contributed by atoms with van der Waals surface area (Å²) in [5, 5.41) is 9.03. The molecule has 1 aliphatic heterocycles. The molecule has 0 saturated heterocycles. The Morgan fingerprint density at radius 2 is 1.72 bits per heavy atom. The molecule has 4 aromatic carbocycles. The summed E-state index contributed by atoms with van der Waals surface area (Å²) < 4.78 is 31.1. The lowest BCUT2D eigenvalue weighted by molar-refractivity contribution is -0.130. The summed E-state index contributed by atoms with van der Waals surface area (Å²) in [6.45, 7) is 0.738. The van der Waals surface area contributed by atoms with Crippen LogP contribution in [0.3, 0.4) is 0 Å². The maximum Gasteiger partial charge on any atom is 0.266 e. The van der Waals surface area contributed by atoms with Crippen molar-refractivity contribution in [3.63, 3.8) is 0 Å². The highest BCUT2D eigenvalue weighted by Crippen LogP contribution is 2.43. The van der Waals surface area contributed by atoms with Gasteiger partial charge in [-0.3, -0.25) is 10.2 Å². The molecule has 8 nitrogen and oxygen atoms in total. The highest BCUT2D eigenvalue weighted by Gasteiger charge is 2.53. The van der Waals surface area contributed by atoms with Crippen LogP contribution >= 0.6 is 0 Å². The number of nitrogens with zero attached hydrogens (tertiary/aromatic N) is 1. The number of carbonyl (C=O) groups is 1. The van der Waals surface area contributed by atoms with Crippen LogP contribution in [0.1, 0.15) is 34.8 Å². The van der Waals surface area contributed by atoms with Gasteiger partial charge in [-0.1, -0.05) is 54.6 Å². The number of hydrogen-bond donors (Lipinski definition) is 3. The standard InChI is InChI=1S/C34H34FN3O5/c1-41-30-10-5-9-27(21-30)31-34(22-24-7-3-2-4-8-24,33(40)38-36-23-25-11-15-28(35)16-12-25)37-32(43-31)26-13-17-29(18-14-26)42-20-6-19-39/h2-5,7-18,21,31,36,39H,6,19-20,22-23H2,1H3,(H,38,40)/t31-,34-/m0/s1. The summed E-state index contributed by atoms with van der Waals surface area (Å²) in [5.41, 5.74) is 7.56. The van der Waals surface area contributed by atoms with Gasteiger partial charge in [-0.15, -0.1) is 0 Å². The second kappa shape index (κ2) is 14.0. The predicted molar refractivity (Wildman–Crippen MR) is 161 cm³/mol. The fourth-order valence-corrected chi connectivity index (χ4v) is 4.93. The Hall–Kier alpha value is -4.73. The SMILES string of the molecule is COc1cccc([C@@H]2OC(c3ccc(OCCCO)cc3)=N[C@]2(Cc2ccccc2)C(=O)NNCc2ccc(F)cc2)c1. The van der Waals surface area contributed by atoms with Gasteiger partial charge in [-0.25, -0.2) is 14.8 Å². The Morgan fingerprint density at radius 1 is 0.953 bits per heavy atom. The van der Waals surface area contributed by atoms with Gasteiger partial charge >= 0.3 is 0 Å². The lowest BCUT2D eigenvalue weighted by Crippen LogP contribution is -2.53. The Labute approximate surface area is 250 Å². The summed E-state index contributed by atoms with van der Waals surface area (Å²) in [4.78, 5) is 19.3. The molecule has 3 N–H and O–H groups in total. The number of carbonyl (C=O) groups excluding carboxylic acids is 1. The number of rotatable bonds is 13. The number of aliphatic hydroxyl groups is 1. The van der Waals surface area contributed by atoms with E-state index in [4.69, 9.17) is 24.3 Å². The number of ether oxygens (including phenoxy) is 3. The third kappa shape index (κ3) is 7.20. The maximum atomic E-state index is 14.2. The normalized spacial score (nSPS) is 17.6. The summed E-state index contributed by atoms with van der Waals surface area (Å²) in [5.74, 6) is 0.885. The van der Waals surface area contributed by atoms with Crippen molar-refractivity contribution in [2.45, 2.75) is 31.0 Å². The quantitative estimate of drug-likeness (QED) is 0.153. The maximum absolute atomic E-state index is 14.2. The Morgan fingerprint density at radius 3 is 2.44 bits per heavy atom. The zero-order chi connectivity index (χ0) is 30.1. The average molecular weight is 584 g/mol. The number of hydrogen-bond acceptors (Lipinski definition) is 7. The minimum absolute atomic E-state index is 0.0543. The molecular formula is C34H34FN3O5. The first kappa shape index (κ1) is 29.8. The van der Waals surface area contributed by atoms with Gasteiger partial charge in [0.2, 0.25) is 5.90 Å². The molecule has 222 valence electrons. The fraction of sp³-hybridized carbons (Fsp3) is 0.235. The van der Waals surface area contributed by atoms with E-state index in [1.165, 1.54) is 12.1 Å². The van der Waals surface area contributed by atoms with E-state index in [2.05, 4.69) is 10.9 Å². The van der Waals surface area contributed by atoms with E-state index in [1.54, 1.807) is 31.4 Å². The Bertz CT molecular complexity index is 1530. The van der Waals surface area contributed by atoms with Crippen LogP contribution in [0.4, 0.5) is 4.39 Å². The number of aliphatic hydroxyl groups excluding tert-OH is 1. The molecule has 5 rings (SSSR count). The molecule has 0 fully saturated rings. The van der Waals surface area contributed by atoms with Crippen molar-refractivity contribution in [1.82, 2.24) is 10.9 Å². The summed E-state index contributed by atoms with van der Waals surface area (Å²) in [6, 6.07) is 30.4. The van der Waals surface area contributed by atoms with Crippen molar-refractivity contribution in [2.24, 2.45) is 4.99 Å². The summed E-state index contributed by atoms with van der Waals surface area (Å²) in [6.07, 6.45) is 0.00322. The number of hydrazine groups is 1. The average Bonchev–Trinajstić information content (AvgIpc) is 3.43. The van der Waals surface area contributed by atoms with Crippen LogP contribution in [-0.2, 0) is 22.5 Å². The van der Waals surface area contributed by atoms with Crippen molar-refractivity contribution in [2.75, 3.05) is 20.3 Å². The van der Waals surface area contributed by atoms with Gasteiger partial charge in [0.25, 0.3) is 5.91 Å². The topological polar surface area (TPSA) is 101 Å². The third-order valence-electron chi connectivity index (χ3n) is 7.15. The van der Waals surface area contributed by atoms with E-state index in [0.717, 1.165) is 16.7 Å². The molecule has 4 aromatic rings. The van der Waals surface area contributed by atoms with Gasteiger partial charge in [-0.05, 0) is 65.2 Å². The first-order valence-corrected chi connectivity index (χ1v) is 14.1. The first-order valence-electron chi connectivity index (χ1n) is 14.1. The highest BCUT2D eigenvalue weighted by molar-refractivity contribution is 6.01. The fourth-order valence-electron chi connectivity index (χ4n) is 4.93. The second-order valence-corrected chi connectivity index (χ2v) is 10.2. The van der Waals surface area contributed by atoms with Crippen molar-refractivity contribution >= 4 is 11.8 Å². The van der Waals surface area contributed by atoms with Gasteiger partial charge in [-0.2, -0.15) is 0 Å². The number of halogens is 1. The van der Waals surface area contributed by atoms with Crippen molar-refractivity contribution < 1.29 is 28.5 Å². The van der Waals surface area contributed by atoms with Crippen LogP contribution in [0.5, 0.6) is 11.5 Å². The molecule has 0 unspecified atom stereocenters. The van der Waals surface area contributed by atoms with E-state index >= 15 is 0 Å². The number of nitrogens with one attached hydrogen (secondary N) is 2. The monoisotopic (exact) mass is 583 g/mol. The van der Waals surface area contributed by atoms with Crippen molar-refractivity contribution in [1.29, 1.82) is 0 Å². The predicted octanol–water partition coefficient (Wildman–Crippen LogP) is 4.92. The molecule has 1 amide bonds. The minimum atomic E-state index is -1.39. The van der Waals surface area contributed by atoms with Crippen molar-refractivity contribution in [3.05, 3.63) is 131 Å². The lowest BCUT2D eigenvalue weighted by atomic mass is 9.82. The molecule has 0 bridgehead atoms. The molecule has 1 aliphatic rings. The molecule has 43 heavy (non-hydrogen) atoms. The largest absolute Gasteiger partial charge is 0.497 e. The van der Waals surface area contributed by atoms with Crippen LogP contribution in [-0.4, -0.2) is 42.8 Å². The van der Waals surface area contributed by atoms with Gasteiger partial charge in [0.15, 0.2) is 11.6 Å². The van der Waals surface area contributed by atoms with Crippen LogP contribution in [0.2, 0.25) is 0 Å². The van der Waals surface area contributed by atoms with Gasteiger partial charge in [0.05, 0.1) is 13.7 Å². The summed E-state index contributed by atoms with van der Waals surface area (Å²) in [7, 11) is 1.59. The molecule has 0 saturated carbocycles. The summed E-state index contributed by atoms with van der Waals surface area (Å²) >= 11 is 0. The van der Waals surface area contributed by atoms with Gasteiger partial charge < -0.3 is 19.3 Å². The number of methoxy groups -OCH3 is 1. The molecule has 0 aromatic heterocycles. The van der Waals surface area contributed by atoms with Crippen LogP contribution in [0, 0.1) is 5.82 Å². The van der Waals surface area contributed by atoms with Crippen LogP contribution in [0.25, 0.3) is 0 Å². The highest BCUT2D eigenvalue weighted by atomic mass is 19.1. The third-order valence-corrected chi connectivity index (χ3v) is 7.15. The molecule has 1 heterocycles. The molecule has 0 aliphatic carbocycles. The number of aliphatic imine (C=N–C) groups is 1. The van der Waals surface area contributed by atoms with Crippen LogP contribution in [0.15, 0.2) is 108 Å². The number of benzene rings is 4. The van der Waals surface area contributed by atoms with Crippen LogP contribution < -0.4 is 20.3 Å². The second-order valence-electron chi connectivity index (χ2n) is 10.2. The van der Waals surface area contributed by atoms with E-state index in [1.807, 2.05) is 66.7 Å². The minimum Gasteiger partial charge on any atom is -0.497 e. The molecule has 2 atom stereocenters. The lowest BCUT2D eigenvalue weighted by Gasteiger charge is -2.31. The van der Waals surface area contributed by atoms with E-state index < -0.39 is 11.6 Å². The number of amides is 1. The smallest absolute Gasteiger partial charge is 0.266 e. The zero-order valence-electron chi connectivity index (χ0n) is 23.8. The van der Waals surface area contributed by atoms with E-state index in [0.29, 0.717) is 36.0 Å². The Balaban J connectivity index is 1.51. The van der Waals surface area contributed by atoms with Gasteiger partial charge in [0, 0.05) is 31.6 Å². The van der Waals surface area contributed by atoms with E-state index in [-0.39, 0.29) is 31.3 Å². The zero-order valence-corrected chi connectivity index (χ0v) is 23.8. The molecule has 0 radical (unpaired) electrons. The van der Waals surface area contributed by atoms with Gasteiger partial charge in [0.1, 0.15) is 17.3 Å². The molecule has 0 spiro atoms. The van der Waals surface area contributed by atoms with Crippen molar-refractivity contribution in [3.8, 4) is 11.5 Å². The molecular weight excluding hydrogens is 549 g/mol. The Kier molecular flexibility index (Phi) is 9.66. The van der Waals surface area contributed by atoms with E-state index in [9.17, 15) is 9.18 Å². The first-order chi connectivity index (χ1) is 21.0. The molecule has 9 heteroatoms.